The van der Waals surface area contributed by atoms with Gasteiger partial charge in [-0.25, -0.2) is 0 Å². The molecular weight excluding hydrogens is 284 g/mol. The number of hydrogen-bond donors (Lipinski definition) is 2. The number of nitrogen functional groups attached to an aromatic ring is 1. The predicted octanol–water partition coefficient (Wildman–Crippen LogP) is 3.22. The molecule has 2 rings (SSSR count). The van der Waals surface area contributed by atoms with Gasteiger partial charge in [0.2, 0.25) is 0 Å². The summed E-state index contributed by atoms with van der Waals surface area (Å²) in [7, 11) is 0. The Morgan fingerprint density at radius 1 is 1.24 bits per heavy atom. The minimum atomic E-state index is -0.169. The third-order valence-electron chi connectivity index (χ3n) is 3.07. The van der Waals surface area contributed by atoms with Crippen LogP contribution in [0, 0.1) is 0 Å². The third-order valence-corrected chi connectivity index (χ3v) is 4.30. The van der Waals surface area contributed by atoms with Gasteiger partial charge in [0.1, 0.15) is 0 Å². The van der Waals surface area contributed by atoms with E-state index in [0.29, 0.717) is 30.2 Å². The molecule has 0 unspecified atom stereocenters. The molecule has 0 aliphatic carbocycles. The molecule has 0 bridgehead atoms. The van der Waals surface area contributed by atoms with Crippen molar-refractivity contribution in [2.24, 2.45) is 0 Å². The smallest absolute Gasteiger partial charge is 0.255 e. The van der Waals surface area contributed by atoms with Crippen LogP contribution in [0.3, 0.4) is 0 Å². The molecule has 112 valence electrons. The lowest BCUT2D eigenvalue weighted by atomic mass is 10.1. The van der Waals surface area contributed by atoms with Gasteiger partial charge in [0.05, 0.1) is 24.4 Å². The average molecular weight is 304 g/mol. The van der Waals surface area contributed by atoms with Crippen LogP contribution in [-0.2, 0) is 13.0 Å². The number of carbonyl (C=O) groups is 1. The van der Waals surface area contributed by atoms with Crippen LogP contribution in [0.25, 0.3) is 0 Å². The maximum atomic E-state index is 12.3. The Labute approximate surface area is 128 Å². The van der Waals surface area contributed by atoms with E-state index in [-0.39, 0.29) is 5.91 Å². The fourth-order valence-electron chi connectivity index (χ4n) is 2.01. The first-order chi connectivity index (χ1) is 10.2. The molecular formula is C16H20N2O2S. The predicted molar refractivity (Wildman–Crippen MR) is 86.9 cm³/mol. The van der Waals surface area contributed by atoms with Gasteiger partial charge >= 0.3 is 0 Å². The summed E-state index contributed by atoms with van der Waals surface area (Å²) in [5.41, 5.74) is 6.83. The Morgan fingerprint density at radius 2 is 2.00 bits per heavy atom. The fourth-order valence-corrected chi connectivity index (χ4v) is 2.91. The molecule has 0 saturated carbocycles. The first kappa shape index (κ1) is 15.4. The number of carbonyl (C=O) groups excluding carboxylic acids is 1. The van der Waals surface area contributed by atoms with E-state index in [1.165, 1.54) is 4.88 Å². The number of benzene rings is 1. The van der Waals surface area contributed by atoms with Crippen molar-refractivity contribution in [3.63, 3.8) is 0 Å². The highest BCUT2D eigenvalue weighted by Gasteiger charge is 2.14. The fraction of sp³-hybridized carbons (Fsp3) is 0.312. The Kier molecular flexibility index (Phi) is 5.22. The number of rotatable bonds is 6. The van der Waals surface area contributed by atoms with E-state index < -0.39 is 0 Å². The number of aryl methyl sites for hydroxylation is 1. The van der Waals surface area contributed by atoms with Crippen LogP contribution in [-0.4, -0.2) is 12.5 Å². The van der Waals surface area contributed by atoms with Crippen molar-refractivity contribution in [3.8, 4) is 5.75 Å². The summed E-state index contributed by atoms with van der Waals surface area (Å²) in [6.45, 7) is 4.98. The van der Waals surface area contributed by atoms with Gasteiger partial charge in [-0.05, 0) is 37.6 Å². The summed E-state index contributed by atoms with van der Waals surface area (Å²) >= 11 is 1.72. The zero-order valence-corrected chi connectivity index (χ0v) is 13.1. The standard InChI is InChI=1S/C16H20N2O2S/c1-3-11-8-9-12(21-11)10-18-16(19)13-6-5-7-14(17)15(13)20-4-2/h5-9H,3-4,10,17H2,1-2H3,(H,18,19). The van der Waals surface area contributed by atoms with Gasteiger partial charge in [0.15, 0.2) is 5.75 Å². The molecule has 0 aliphatic heterocycles. The normalized spacial score (nSPS) is 10.4. The van der Waals surface area contributed by atoms with Gasteiger partial charge in [0.25, 0.3) is 5.91 Å². The Balaban J connectivity index is 2.08. The molecule has 1 amide bonds. The molecule has 0 saturated heterocycles. The number of ether oxygens (including phenoxy) is 1. The summed E-state index contributed by atoms with van der Waals surface area (Å²) in [5.74, 6) is 0.287. The van der Waals surface area contributed by atoms with E-state index >= 15 is 0 Å². The lowest BCUT2D eigenvalue weighted by Crippen LogP contribution is -2.23. The number of nitrogens with two attached hydrogens (primary N) is 1. The van der Waals surface area contributed by atoms with Crippen LogP contribution in [0.1, 0.15) is 34.0 Å². The topological polar surface area (TPSA) is 64.3 Å². The third kappa shape index (κ3) is 3.76. The van der Waals surface area contributed by atoms with E-state index in [2.05, 4.69) is 18.3 Å². The molecule has 2 aromatic rings. The average Bonchev–Trinajstić information content (AvgIpc) is 2.95. The quantitative estimate of drug-likeness (QED) is 0.805. The van der Waals surface area contributed by atoms with Crippen molar-refractivity contribution in [2.45, 2.75) is 26.8 Å². The highest BCUT2D eigenvalue weighted by molar-refractivity contribution is 7.11. The van der Waals surface area contributed by atoms with Gasteiger partial charge in [-0.15, -0.1) is 11.3 Å². The van der Waals surface area contributed by atoms with Crippen molar-refractivity contribution in [1.29, 1.82) is 0 Å². The first-order valence-corrected chi connectivity index (χ1v) is 7.84. The molecule has 4 nitrogen and oxygen atoms in total. The largest absolute Gasteiger partial charge is 0.491 e. The Bertz CT molecular complexity index is 622. The molecule has 0 fully saturated rings. The number of para-hydroxylation sites is 1. The molecule has 1 aromatic carbocycles. The van der Waals surface area contributed by atoms with Gasteiger partial charge in [0, 0.05) is 9.75 Å². The van der Waals surface area contributed by atoms with Crippen LogP contribution in [0.15, 0.2) is 30.3 Å². The van der Waals surface area contributed by atoms with Gasteiger partial charge < -0.3 is 15.8 Å². The maximum absolute atomic E-state index is 12.3. The summed E-state index contributed by atoms with van der Waals surface area (Å²) in [6, 6.07) is 9.36. The van der Waals surface area contributed by atoms with Crippen molar-refractivity contribution in [1.82, 2.24) is 5.32 Å². The summed E-state index contributed by atoms with van der Waals surface area (Å²) < 4.78 is 5.48. The van der Waals surface area contributed by atoms with Crippen LogP contribution in [0.2, 0.25) is 0 Å². The molecule has 3 N–H and O–H groups in total. The second-order valence-electron chi connectivity index (χ2n) is 4.56. The first-order valence-electron chi connectivity index (χ1n) is 7.02. The highest BCUT2D eigenvalue weighted by atomic mass is 32.1. The second kappa shape index (κ2) is 7.13. The van der Waals surface area contributed by atoms with E-state index in [9.17, 15) is 4.79 Å². The maximum Gasteiger partial charge on any atom is 0.255 e. The van der Waals surface area contributed by atoms with Crippen LogP contribution < -0.4 is 15.8 Å². The molecule has 0 spiro atoms. The van der Waals surface area contributed by atoms with E-state index in [1.54, 1.807) is 29.5 Å². The van der Waals surface area contributed by atoms with Crippen LogP contribution in [0.4, 0.5) is 5.69 Å². The number of thiophene rings is 1. The van der Waals surface area contributed by atoms with Crippen LogP contribution in [0.5, 0.6) is 5.75 Å². The number of nitrogens with one attached hydrogen (secondary N) is 1. The van der Waals surface area contributed by atoms with Crippen molar-refractivity contribution in [3.05, 3.63) is 45.6 Å². The molecule has 21 heavy (non-hydrogen) atoms. The van der Waals surface area contributed by atoms with E-state index in [0.717, 1.165) is 11.3 Å². The van der Waals surface area contributed by atoms with Gasteiger partial charge in [-0.1, -0.05) is 13.0 Å². The van der Waals surface area contributed by atoms with Gasteiger partial charge in [-0.2, -0.15) is 0 Å². The van der Waals surface area contributed by atoms with Crippen molar-refractivity contribution < 1.29 is 9.53 Å². The zero-order chi connectivity index (χ0) is 15.2. The lowest BCUT2D eigenvalue weighted by Gasteiger charge is -2.12. The monoisotopic (exact) mass is 304 g/mol. The summed E-state index contributed by atoms with van der Waals surface area (Å²) in [5, 5.41) is 2.91. The zero-order valence-electron chi connectivity index (χ0n) is 12.3. The second-order valence-corrected chi connectivity index (χ2v) is 5.81. The van der Waals surface area contributed by atoms with E-state index in [4.69, 9.17) is 10.5 Å². The molecule has 0 aliphatic rings. The highest BCUT2D eigenvalue weighted by Crippen LogP contribution is 2.26. The molecule has 0 atom stereocenters. The summed E-state index contributed by atoms with van der Waals surface area (Å²) in [4.78, 5) is 14.8. The van der Waals surface area contributed by atoms with Crippen molar-refractivity contribution >= 4 is 22.9 Å². The SMILES string of the molecule is CCOc1c(N)cccc1C(=O)NCc1ccc(CC)s1. The van der Waals surface area contributed by atoms with Gasteiger partial charge in [-0.3, -0.25) is 4.79 Å². The van der Waals surface area contributed by atoms with E-state index in [1.807, 2.05) is 13.0 Å². The lowest BCUT2D eigenvalue weighted by molar-refractivity contribution is 0.0947. The van der Waals surface area contributed by atoms with Crippen molar-refractivity contribution in [2.75, 3.05) is 12.3 Å². The van der Waals surface area contributed by atoms with Crippen LogP contribution >= 0.6 is 11.3 Å². The molecule has 0 radical (unpaired) electrons. The molecule has 1 aromatic heterocycles. The number of amides is 1. The molecule has 5 heteroatoms. The number of hydrogen-bond acceptors (Lipinski definition) is 4. The summed E-state index contributed by atoms with van der Waals surface area (Å²) in [6.07, 6.45) is 1.02. The minimum Gasteiger partial charge on any atom is -0.491 e. The molecule has 1 heterocycles. The minimum absolute atomic E-state index is 0.169. The Hall–Kier alpha value is -2.01. The Morgan fingerprint density at radius 3 is 2.67 bits per heavy atom. The number of anilines is 1.